The fourth-order valence-corrected chi connectivity index (χ4v) is 2.79. The minimum Gasteiger partial charge on any atom is -0.207 e. The Balaban J connectivity index is 3.09. The van der Waals surface area contributed by atoms with Crippen molar-refractivity contribution in [3.63, 3.8) is 0 Å². The summed E-state index contributed by atoms with van der Waals surface area (Å²) in [5.41, 5.74) is 0. The molecular formula is C9H8BrClN2O2S. The molecule has 0 aliphatic heterocycles. The number of benzene rings is 1. The van der Waals surface area contributed by atoms with E-state index in [-0.39, 0.29) is 4.90 Å². The quantitative estimate of drug-likeness (QED) is 0.928. The molecule has 0 aromatic heterocycles. The molecule has 0 saturated carbocycles. The summed E-state index contributed by atoms with van der Waals surface area (Å²) in [5.74, 6) is 0. The number of nitriles is 1. The Hall–Kier alpha value is -0.610. The summed E-state index contributed by atoms with van der Waals surface area (Å²) in [4.78, 5) is 0.0610. The van der Waals surface area contributed by atoms with E-state index in [2.05, 4.69) is 20.7 Å². The normalized spacial score (nSPS) is 13.1. The van der Waals surface area contributed by atoms with E-state index < -0.39 is 16.1 Å². The van der Waals surface area contributed by atoms with Crippen LogP contribution in [-0.2, 0) is 10.0 Å². The number of nitrogens with one attached hydrogen (secondary N) is 1. The molecule has 0 radical (unpaired) electrons. The van der Waals surface area contributed by atoms with E-state index in [4.69, 9.17) is 16.9 Å². The first-order valence-corrected chi connectivity index (χ1v) is 6.89. The van der Waals surface area contributed by atoms with Crippen LogP contribution in [0.1, 0.15) is 6.92 Å². The molecule has 0 amide bonds. The molecule has 1 aromatic carbocycles. The van der Waals surface area contributed by atoms with Crippen molar-refractivity contribution < 1.29 is 8.42 Å². The lowest BCUT2D eigenvalue weighted by Crippen LogP contribution is -2.31. The molecule has 7 heteroatoms. The van der Waals surface area contributed by atoms with Crippen molar-refractivity contribution in [2.45, 2.75) is 17.9 Å². The first-order chi connectivity index (χ1) is 7.36. The second-order valence-electron chi connectivity index (χ2n) is 3.05. The highest BCUT2D eigenvalue weighted by Crippen LogP contribution is 2.25. The molecule has 0 aliphatic carbocycles. The number of rotatable bonds is 3. The summed E-state index contributed by atoms with van der Waals surface area (Å²) >= 11 is 8.88. The average molecular weight is 324 g/mol. The summed E-state index contributed by atoms with van der Waals surface area (Å²) < 4.78 is 26.2. The Kier molecular flexibility index (Phi) is 4.33. The molecule has 0 fully saturated rings. The Morgan fingerprint density at radius 1 is 1.56 bits per heavy atom. The fraction of sp³-hybridized carbons (Fsp3) is 0.222. The number of halogens is 2. The number of hydrogen-bond donors (Lipinski definition) is 1. The first kappa shape index (κ1) is 13.5. The van der Waals surface area contributed by atoms with Crippen molar-refractivity contribution in [1.82, 2.24) is 4.72 Å². The third kappa shape index (κ3) is 3.19. The van der Waals surface area contributed by atoms with Gasteiger partial charge in [-0.05, 0) is 41.1 Å². The Morgan fingerprint density at radius 3 is 2.69 bits per heavy atom. The van der Waals surface area contributed by atoms with E-state index in [1.54, 1.807) is 6.07 Å². The third-order valence-electron chi connectivity index (χ3n) is 1.73. The monoisotopic (exact) mass is 322 g/mol. The highest BCUT2D eigenvalue weighted by Gasteiger charge is 2.17. The second kappa shape index (κ2) is 5.15. The number of sulfonamides is 1. The van der Waals surface area contributed by atoms with Crippen molar-refractivity contribution in [2.75, 3.05) is 0 Å². The molecule has 0 saturated heterocycles. The zero-order valence-electron chi connectivity index (χ0n) is 8.24. The van der Waals surface area contributed by atoms with E-state index in [9.17, 15) is 8.42 Å². The molecule has 1 N–H and O–H groups in total. The van der Waals surface area contributed by atoms with Crippen LogP contribution >= 0.6 is 27.5 Å². The zero-order valence-corrected chi connectivity index (χ0v) is 11.4. The highest BCUT2D eigenvalue weighted by atomic mass is 79.9. The topological polar surface area (TPSA) is 70.0 Å². The van der Waals surface area contributed by atoms with Crippen LogP contribution in [0.25, 0.3) is 0 Å². The van der Waals surface area contributed by atoms with Crippen molar-refractivity contribution in [3.05, 3.63) is 27.7 Å². The van der Waals surface area contributed by atoms with Crippen LogP contribution in [0.5, 0.6) is 0 Å². The molecule has 16 heavy (non-hydrogen) atoms. The number of nitrogens with zero attached hydrogens (tertiary/aromatic N) is 1. The fourth-order valence-electron chi connectivity index (χ4n) is 0.971. The molecule has 0 aliphatic rings. The Labute approximate surface area is 107 Å². The summed E-state index contributed by atoms with van der Waals surface area (Å²) in [7, 11) is -3.67. The summed E-state index contributed by atoms with van der Waals surface area (Å²) in [6, 6.07) is 5.24. The van der Waals surface area contributed by atoms with E-state index in [1.807, 2.05) is 0 Å². The van der Waals surface area contributed by atoms with Gasteiger partial charge in [-0.25, -0.2) is 8.42 Å². The smallest absolute Gasteiger partial charge is 0.207 e. The summed E-state index contributed by atoms with van der Waals surface area (Å²) in [6.45, 7) is 1.46. The van der Waals surface area contributed by atoms with Gasteiger partial charge in [0.2, 0.25) is 10.0 Å². The minimum atomic E-state index is -3.67. The largest absolute Gasteiger partial charge is 0.241 e. The maximum atomic E-state index is 11.7. The van der Waals surface area contributed by atoms with Crippen LogP contribution in [0.3, 0.4) is 0 Å². The molecule has 86 valence electrons. The molecule has 1 rings (SSSR count). The van der Waals surface area contributed by atoms with Crippen molar-refractivity contribution in [1.29, 1.82) is 5.26 Å². The van der Waals surface area contributed by atoms with Gasteiger partial charge in [-0.15, -0.1) is 0 Å². The van der Waals surface area contributed by atoms with Gasteiger partial charge in [0.1, 0.15) is 6.04 Å². The van der Waals surface area contributed by atoms with Gasteiger partial charge in [0.15, 0.2) is 0 Å². The SMILES string of the molecule is CC(C#N)NS(=O)(=O)c1ccc(Cl)c(Br)c1. The highest BCUT2D eigenvalue weighted by molar-refractivity contribution is 9.10. The zero-order chi connectivity index (χ0) is 12.3. The second-order valence-corrected chi connectivity index (χ2v) is 6.02. The lowest BCUT2D eigenvalue weighted by Gasteiger charge is -2.08. The molecule has 4 nitrogen and oxygen atoms in total. The molecule has 1 atom stereocenters. The maximum Gasteiger partial charge on any atom is 0.241 e. The van der Waals surface area contributed by atoms with Crippen LogP contribution in [-0.4, -0.2) is 14.5 Å². The van der Waals surface area contributed by atoms with Crippen molar-refractivity contribution in [2.24, 2.45) is 0 Å². The van der Waals surface area contributed by atoms with Gasteiger partial charge in [-0.3, -0.25) is 0 Å². The minimum absolute atomic E-state index is 0.0610. The van der Waals surface area contributed by atoms with Crippen LogP contribution in [0.4, 0.5) is 0 Å². The van der Waals surface area contributed by atoms with Gasteiger partial charge in [-0.2, -0.15) is 9.98 Å². The summed E-state index contributed by atoms with van der Waals surface area (Å²) in [6.07, 6.45) is 0. The van der Waals surface area contributed by atoms with Gasteiger partial charge in [0.25, 0.3) is 0 Å². The van der Waals surface area contributed by atoms with Crippen molar-refractivity contribution >= 4 is 37.6 Å². The standard InChI is InChI=1S/C9H8BrClN2O2S/c1-6(5-12)13-16(14,15)7-2-3-9(11)8(10)4-7/h2-4,6,13H,1H3. The molecule has 1 aromatic rings. The number of hydrogen-bond acceptors (Lipinski definition) is 3. The summed E-state index contributed by atoms with van der Waals surface area (Å²) in [5, 5.41) is 8.96. The van der Waals surface area contributed by atoms with Crippen LogP contribution in [0, 0.1) is 11.3 Å². The maximum absolute atomic E-state index is 11.7. The van der Waals surface area contributed by atoms with Gasteiger partial charge in [-0.1, -0.05) is 11.6 Å². The van der Waals surface area contributed by atoms with Crippen LogP contribution in [0.2, 0.25) is 5.02 Å². The molecule has 1 unspecified atom stereocenters. The molecule has 0 heterocycles. The van der Waals surface area contributed by atoms with Gasteiger partial charge < -0.3 is 0 Å². The van der Waals surface area contributed by atoms with Crippen molar-refractivity contribution in [3.8, 4) is 6.07 Å². The molecule has 0 spiro atoms. The van der Waals surface area contributed by atoms with E-state index in [1.165, 1.54) is 25.1 Å². The van der Waals surface area contributed by atoms with Gasteiger partial charge in [0.05, 0.1) is 16.0 Å². The molecular weight excluding hydrogens is 316 g/mol. The Bertz CT molecular complexity index is 539. The lowest BCUT2D eigenvalue weighted by atomic mass is 10.4. The predicted octanol–water partition coefficient (Wildman–Crippen LogP) is 2.29. The average Bonchev–Trinajstić information content (AvgIpc) is 2.21. The van der Waals surface area contributed by atoms with Crippen LogP contribution < -0.4 is 4.72 Å². The third-order valence-corrected chi connectivity index (χ3v) is 4.48. The lowest BCUT2D eigenvalue weighted by molar-refractivity contribution is 0.577. The van der Waals surface area contributed by atoms with E-state index in [0.29, 0.717) is 9.50 Å². The van der Waals surface area contributed by atoms with Gasteiger partial charge >= 0.3 is 0 Å². The molecule has 0 bridgehead atoms. The Morgan fingerprint density at radius 2 is 2.19 bits per heavy atom. The van der Waals surface area contributed by atoms with E-state index in [0.717, 1.165) is 0 Å². The first-order valence-electron chi connectivity index (χ1n) is 4.24. The predicted molar refractivity (Wildman–Crippen MR) is 64.5 cm³/mol. The van der Waals surface area contributed by atoms with E-state index >= 15 is 0 Å². The van der Waals surface area contributed by atoms with Gasteiger partial charge in [0, 0.05) is 4.47 Å². The van der Waals surface area contributed by atoms with Crippen LogP contribution in [0.15, 0.2) is 27.6 Å².